The van der Waals surface area contributed by atoms with Gasteiger partial charge in [-0.2, -0.15) is 5.26 Å². The minimum absolute atomic E-state index is 0.117. The molecule has 3 aromatic carbocycles. The average Bonchev–Trinajstić information content (AvgIpc) is 3.99. The number of halogens is 1. The van der Waals surface area contributed by atoms with E-state index in [1.807, 2.05) is 49.1 Å². The third-order valence-corrected chi connectivity index (χ3v) is 11.9. The molecular weight excluding hydrogens is 764 g/mol. The smallest absolute Gasteiger partial charge is 0.259 e. The molecule has 4 fully saturated rings. The van der Waals surface area contributed by atoms with E-state index in [-0.39, 0.29) is 53.7 Å². The number of benzene rings is 3. The van der Waals surface area contributed by atoms with E-state index in [4.69, 9.17) is 28.6 Å². The zero-order chi connectivity index (χ0) is 40.6. The second kappa shape index (κ2) is 16.4. The number of hydrogen-bond donors (Lipinski definition) is 3. The number of piperazine rings is 1. The SMILES string of the molecule is C[C@@H]1CN(CC(=O)Nc2cccc(NC3CCC(=O)NC3=O)c2)[C@H](C)CN1CCOc1ccc(N2C(=S)N(c3ccc(C#N)c(Cl)c3)C(=O)C2(C)C)cc1C1CC1. The summed E-state index contributed by atoms with van der Waals surface area (Å²) in [5, 5.41) is 18.4. The van der Waals surface area contributed by atoms with Gasteiger partial charge in [0.1, 0.15) is 30.0 Å². The Hall–Kier alpha value is -5.07. The number of nitrogens with zero attached hydrogens (tertiary/aromatic N) is 5. The van der Waals surface area contributed by atoms with Gasteiger partial charge in [0.25, 0.3) is 5.91 Å². The van der Waals surface area contributed by atoms with Crippen LogP contribution in [0.2, 0.25) is 5.02 Å². The Bertz CT molecular complexity index is 2150. The van der Waals surface area contributed by atoms with Crippen LogP contribution in [0.4, 0.5) is 22.7 Å². The monoisotopic (exact) mass is 810 g/mol. The van der Waals surface area contributed by atoms with Crippen LogP contribution in [0.5, 0.6) is 5.75 Å². The summed E-state index contributed by atoms with van der Waals surface area (Å²) in [4.78, 5) is 58.6. The summed E-state index contributed by atoms with van der Waals surface area (Å²) in [5.74, 6) is 0.295. The third kappa shape index (κ3) is 8.62. The van der Waals surface area contributed by atoms with Gasteiger partial charge in [0.05, 0.1) is 22.8 Å². The number of carbonyl (C=O) groups is 4. The van der Waals surface area contributed by atoms with Crippen molar-refractivity contribution in [2.24, 2.45) is 0 Å². The van der Waals surface area contributed by atoms with E-state index in [2.05, 4.69) is 51.7 Å². The van der Waals surface area contributed by atoms with E-state index in [1.165, 1.54) is 4.90 Å². The Labute approximate surface area is 343 Å². The lowest BCUT2D eigenvalue weighted by Gasteiger charge is -2.43. The van der Waals surface area contributed by atoms with Gasteiger partial charge in [-0.05, 0) is 125 Å². The fourth-order valence-electron chi connectivity index (χ4n) is 7.89. The van der Waals surface area contributed by atoms with Gasteiger partial charge < -0.3 is 20.3 Å². The van der Waals surface area contributed by atoms with Crippen LogP contribution in [0, 0.1) is 11.3 Å². The molecule has 3 aliphatic heterocycles. The molecule has 3 heterocycles. The molecule has 0 spiro atoms. The van der Waals surface area contributed by atoms with E-state index in [0.717, 1.165) is 49.5 Å². The first-order valence-electron chi connectivity index (χ1n) is 19.4. The topological polar surface area (TPSA) is 150 Å². The van der Waals surface area contributed by atoms with E-state index >= 15 is 0 Å². The largest absolute Gasteiger partial charge is 0.492 e. The standard InChI is InChI=1S/C42H47ClN8O5S/c1-25-23-49(24-38(53)46-30-7-5-6-29(18-30)45-35-13-15-37(52)47-39(35)54)26(2)22-48(25)16-17-56-36-14-12-32(19-33(36)27-8-9-27)51-41(57)50(40(55)42(51,3)4)31-11-10-28(21-44)34(43)20-31/h5-7,10-12,14,18-20,25-27,35,45H,8-9,13,15-17,22-24H2,1-4H3,(H,46,53)(H,47,52,54)/t25-,26-,35?/m1/s1. The zero-order valence-corrected chi connectivity index (χ0v) is 34.1. The van der Waals surface area contributed by atoms with Gasteiger partial charge in [-0.15, -0.1) is 0 Å². The number of amides is 4. The number of nitriles is 1. The molecule has 3 saturated heterocycles. The molecule has 15 heteroatoms. The lowest BCUT2D eigenvalue weighted by Crippen LogP contribution is -2.58. The Kier molecular flexibility index (Phi) is 11.6. The molecule has 0 aromatic heterocycles. The second-order valence-corrected chi connectivity index (χ2v) is 16.6. The molecule has 3 atom stereocenters. The number of piperidine rings is 1. The summed E-state index contributed by atoms with van der Waals surface area (Å²) in [5.41, 5.74) is 3.12. The first kappa shape index (κ1) is 40.1. The molecule has 7 rings (SSSR count). The maximum atomic E-state index is 13.8. The molecular formula is C42H47ClN8O5S. The van der Waals surface area contributed by atoms with E-state index in [9.17, 15) is 24.4 Å². The summed E-state index contributed by atoms with van der Waals surface area (Å²) in [7, 11) is 0. The van der Waals surface area contributed by atoms with Crippen molar-refractivity contribution in [3.8, 4) is 11.8 Å². The van der Waals surface area contributed by atoms with Crippen molar-refractivity contribution in [3.63, 3.8) is 0 Å². The van der Waals surface area contributed by atoms with Crippen LogP contribution in [0.25, 0.3) is 0 Å². The van der Waals surface area contributed by atoms with Gasteiger partial charge in [-0.1, -0.05) is 17.7 Å². The van der Waals surface area contributed by atoms with Crippen molar-refractivity contribution in [2.45, 2.75) is 83.0 Å². The molecule has 1 saturated carbocycles. The number of thiocarbonyl (C=S) groups is 1. The summed E-state index contributed by atoms with van der Waals surface area (Å²) in [6.45, 7) is 11.0. The summed E-state index contributed by atoms with van der Waals surface area (Å²) in [6, 6.07) is 20.1. The van der Waals surface area contributed by atoms with Crippen LogP contribution in [0.1, 0.15) is 70.4 Å². The van der Waals surface area contributed by atoms with Gasteiger partial charge in [0.2, 0.25) is 17.7 Å². The number of rotatable bonds is 12. The number of carbonyl (C=O) groups excluding carboxylic acids is 4. The van der Waals surface area contributed by atoms with Crippen LogP contribution in [-0.2, 0) is 19.2 Å². The van der Waals surface area contributed by atoms with Crippen molar-refractivity contribution < 1.29 is 23.9 Å². The number of anilines is 4. The van der Waals surface area contributed by atoms with E-state index in [1.54, 1.807) is 24.3 Å². The Balaban J connectivity index is 0.931. The highest BCUT2D eigenvalue weighted by Crippen LogP contribution is 2.47. The van der Waals surface area contributed by atoms with Gasteiger partial charge in [0, 0.05) is 55.2 Å². The van der Waals surface area contributed by atoms with Crippen molar-refractivity contribution in [1.82, 2.24) is 15.1 Å². The Morgan fingerprint density at radius 3 is 2.42 bits per heavy atom. The third-order valence-electron chi connectivity index (χ3n) is 11.2. The molecule has 1 aliphatic carbocycles. The zero-order valence-electron chi connectivity index (χ0n) is 32.5. The maximum Gasteiger partial charge on any atom is 0.259 e. The highest BCUT2D eigenvalue weighted by molar-refractivity contribution is 7.81. The van der Waals surface area contributed by atoms with Crippen molar-refractivity contribution in [3.05, 3.63) is 76.8 Å². The fraction of sp³-hybridized carbons (Fsp3) is 0.429. The summed E-state index contributed by atoms with van der Waals surface area (Å²) >= 11 is 12.2. The van der Waals surface area contributed by atoms with E-state index in [0.29, 0.717) is 46.7 Å². The first-order chi connectivity index (χ1) is 27.2. The minimum Gasteiger partial charge on any atom is -0.492 e. The van der Waals surface area contributed by atoms with Crippen molar-refractivity contribution >= 4 is 75.3 Å². The number of hydrogen-bond acceptors (Lipinski definition) is 10. The van der Waals surface area contributed by atoms with Gasteiger partial charge in [-0.3, -0.25) is 39.2 Å². The molecule has 298 valence electrons. The van der Waals surface area contributed by atoms with Crippen LogP contribution < -0.4 is 30.5 Å². The molecule has 3 aromatic rings. The van der Waals surface area contributed by atoms with Crippen LogP contribution in [-0.4, -0.2) is 95.0 Å². The fourth-order valence-corrected chi connectivity index (χ4v) is 8.63. The van der Waals surface area contributed by atoms with Gasteiger partial charge in [0.15, 0.2) is 5.11 Å². The van der Waals surface area contributed by atoms with E-state index < -0.39 is 11.6 Å². The van der Waals surface area contributed by atoms with Gasteiger partial charge in [-0.25, -0.2) is 0 Å². The highest BCUT2D eigenvalue weighted by Gasteiger charge is 2.50. The predicted molar refractivity (Wildman–Crippen MR) is 224 cm³/mol. The van der Waals surface area contributed by atoms with Crippen molar-refractivity contribution in [1.29, 1.82) is 5.26 Å². The molecule has 0 radical (unpaired) electrons. The molecule has 1 unspecified atom stereocenters. The molecule has 3 N–H and O–H groups in total. The predicted octanol–water partition coefficient (Wildman–Crippen LogP) is 5.63. The van der Waals surface area contributed by atoms with Gasteiger partial charge >= 0.3 is 0 Å². The lowest BCUT2D eigenvalue weighted by atomic mass is 10.0. The number of ether oxygens (including phenoxy) is 1. The number of imide groups is 1. The normalized spacial score (nSPS) is 22.6. The van der Waals surface area contributed by atoms with Crippen LogP contribution in [0.15, 0.2) is 60.7 Å². The summed E-state index contributed by atoms with van der Waals surface area (Å²) < 4.78 is 6.46. The first-order valence-corrected chi connectivity index (χ1v) is 20.2. The van der Waals surface area contributed by atoms with Crippen molar-refractivity contribution in [2.75, 3.05) is 53.2 Å². The molecule has 13 nitrogen and oxygen atoms in total. The molecule has 57 heavy (non-hydrogen) atoms. The quantitative estimate of drug-likeness (QED) is 0.154. The maximum absolute atomic E-state index is 13.8. The Morgan fingerprint density at radius 2 is 1.70 bits per heavy atom. The minimum atomic E-state index is -0.960. The number of nitrogens with one attached hydrogen (secondary N) is 3. The molecule has 4 amide bonds. The second-order valence-electron chi connectivity index (χ2n) is 15.8. The Morgan fingerprint density at radius 1 is 0.982 bits per heavy atom. The average molecular weight is 811 g/mol. The molecule has 0 bridgehead atoms. The molecule has 4 aliphatic rings. The van der Waals surface area contributed by atoms with Crippen LogP contribution >= 0.6 is 23.8 Å². The summed E-state index contributed by atoms with van der Waals surface area (Å²) in [6.07, 6.45) is 2.83. The lowest BCUT2D eigenvalue weighted by molar-refractivity contribution is -0.133. The highest BCUT2D eigenvalue weighted by atomic mass is 35.5. The van der Waals surface area contributed by atoms with Crippen LogP contribution in [0.3, 0.4) is 0 Å².